The molecule has 0 saturated carbocycles. The van der Waals surface area contributed by atoms with Crippen molar-refractivity contribution in [2.24, 2.45) is 0 Å². The topological polar surface area (TPSA) is 104 Å². The standard InChI is InChI=1S/C9H16N2O5S/c1-6-5-17(15,16)4-3-11(6)9(14)10-7(2)8(12)13/h6-7H,3-5H2,1-2H3,(H,10,14)(H,12,13)/t6?,7-/m1/s1. The fourth-order valence-corrected chi connectivity index (χ4v) is 3.19. The van der Waals surface area contributed by atoms with Crippen LogP contribution < -0.4 is 5.32 Å². The van der Waals surface area contributed by atoms with E-state index in [-0.39, 0.29) is 18.1 Å². The van der Waals surface area contributed by atoms with Crippen molar-refractivity contribution in [1.82, 2.24) is 10.2 Å². The number of sulfone groups is 1. The first kappa shape index (κ1) is 13.8. The molecule has 1 aliphatic rings. The van der Waals surface area contributed by atoms with Crippen LogP contribution in [-0.2, 0) is 14.6 Å². The molecule has 1 rings (SSSR count). The monoisotopic (exact) mass is 264 g/mol. The summed E-state index contributed by atoms with van der Waals surface area (Å²) < 4.78 is 22.6. The van der Waals surface area contributed by atoms with Gasteiger partial charge in [-0.2, -0.15) is 0 Å². The minimum atomic E-state index is -3.08. The summed E-state index contributed by atoms with van der Waals surface area (Å²) in [6, 6.07) is -1.97. The number of carbonyl (C=O) groups is 2. The van der Waals surface area contributed by atoms with Gasteiger partial charge in [0.1, 0.15) is 6.04 Å². The fraction of sp³-hybridized carbons (Fsp3) is 0.778. The van der Waals surface area contributed by atoms with E-state index in [1.807, 2.05) is 0 Å². The number of nitrogens with one attached hydrogen (secondary N) is 1. The molecular formula is C9H16N2O5S. The molecule has 0 aromatic rings. The highest BCUT2D eigenvalue weighted by Gasteiger charge is 2.32. The lowest BCUT2D eigenvalue weighted by molar-refractivity contribution is -0.138. The van der Waals surface area contributed by atoms with Crippen LogP contribution in [0.5, 0.6) is 0 Å². The Balaban J connectivity index is 2.63. The number of rotatable bonds is 2. The second kappa shape index (κ2) is 4.91. The summed E-state index contributed by atoms with van der Waals surface area (Å²) in [4.78, 5) is 23.6. The SMILES string of the molecule is CC1CS(=O)(=O)CCN1C(=O)N[C@H](C)C(=O)O. The highest BCUT2D eigenvalue weighted by Crippen LogP contribution is 2.11. The third-order valence-corrected chi connectivity index (χ3v) is 4.44. The highest BCUT2D eigenvalue weighted by molar-refractivity contribution is 7.91. The lowest BCUT2D eigenvalue weighted by atomic mass is 10.3. The average Bonchev–Trinajstić information content (AvgIpc) is 2.15. The van der Waals surface area contributed by atoms with Gasteiger partial charge in [0.15, 0.2) is 9.84 Å². The van der Waals surface area contributed by atoms with Crippen LogP contribution in [0, 0.1) is 0 Å². The van der Waals surface area contributed by atoms with Crippen molar-refractivity contribution >= 4 is 21.8 Å². The zero-order valence-corrected chi connectivity index (χ0v) is 10.5. The molecule has 0 aromatic heterocycles. The minimum Gasteiger partial charge on any atom is -0.480 e. The van der Waals surface area contributed by atoms with Crippen molar-refractivity contribution in [1.29, 1.82) is 0 Å². The van der Waals surface area contributed by atoms with Gasteiger partial charge in [0.05, 0.1) is 11.5 Å². The Bertz CT molecular complexity index is 419. The van der Waals surface area contributed by atoms with Crippen LogP contribution in [0.4, 0.5) is 4.79 Å². The number of aliphatic carboxylic acids is 1. The summed E-state index contributed by atoms with van der Waals surface area (Å²) in [5.74, 6) is -1.29. The third-order valence-electron chi connectivity index (χ3n) is 2.64. The first-order valence-electron chi connectivity index (χ1n) is 5.23. The lowest BCUT2D eigenvalue weighted by Gasteiger charge is -2.33. The maximum absolute atomic E-state index is 11.7. The number of nitrogens with zero attached hydrogens (tertiary/aromatic N) is 1. The first-order valence-corrected chi connectivity index (χ1v) is 7.05. The van der Waals surface area contributed by atoms with Crippen LogP contribution in [0.25, 0.3) is 0 Å². The molecule has 1 aliphatic heterocycles. The average molecular weight is 264 g/mol. The summed E-state index contributed by atoms with van der Waals surface area (Å²) in [6.45, 7) is 3.08. The van der Waals surface area contributed by atoms with Gasteiger partial charge in [-0.15, -0.1) is 0 Å². The maximum Gasteiger partial charge on any atom is 0.325 e. The van der Waals surface area contributed by atoms with Crippen LogP contribution in [0.15, 0.2) is 0 Å². The number of amides is 2. The largest absolute Gasteiger partial charge is 0.480 e. The van der Waals surface area contributed by atoms with Crippen molar-refractivity contribution in [2.75, 3.05) is 18.1 Å². The van der Waals surface area contributed by atoms with Gasteiger partial charge in [0, 0.05) is 12.6 Å². The van der Waals surface area contributed by atoms with Crippen LogP contribution in [0.3, 0.4) is 0 Å². The van der Waals surface area contributed by atoms with Gasteiger partial charge in [0.2, 0.25) is 0 Å². The van der Waals surface area contributed by atoms with Crippen LogP contribution in [0.2, 0.25) is 0 Å². The predicted molar refractivity (Wildman–Crippen MR) is 60.5 cm³/mol. The van der Waals surface area contributed by atoms with E-state index in [9.17, 15) is 18.0 Å². The van der Waals surface area contributed by atoms with Crippen molar-refractivity contribution < 1.29 is 23.1 Å². The summed E-state index contributed by atoms with van der Waals surface area (Å²) in [5, 5.41) is 10.9. The summed E-state index contributed by atoms with van der Waals surface area (Å²) in [5.41, 5.74) is 0. The molecule has 98 valence electrons. The molecule has 0 spiro atoms. The van der Waals surface area contributed by atoms with Gasteiger partial charge >= 0.3 is 12.0 Å². The van der Waals surface area contributed by atoms with Crippen LogP contribution in [-0.4, -0.2) is 60.6 Å². The molecule has 0 radical (unpaired) electrons. The number of carboxylic acid groups (broad SMARTS) is 1. The molecule has 1 unspecified atom stereocenters. The Morgan fingerprint density at radius 2 is 2.06 bits per heavy atom. The van der Waals surface area contributed by atoms with Crippen molar-refractivity contribution in [3.05, 3.63) is 0 Å². The molecule has 1 saturated heterocycles. The summed E-state index contributed by atoms with van der Waals surface area (Å²) in [6.07, 6.45) is 0. The molecule has 0 aliphatic carbocycles. The van der Waals surface area contributed by atoms with E-state index in [0.717, 1.165) is 0 Å². The fourth-order valence-electron chi connectivity index (χ4n) is 1.63. The molecule has 1 fully saturated rings. The summed E-state index contributed by atoms with van der Waals surface area (Å²) in [7, 11) is -3.08. The quantitative estimate of drug-likeness (QED) is 0.685. The van der Waals surface area contributed by atoms with E-state index in [4.69, 9.17) is 5.11 Å². The zero-order chi connectivity index (χ0) is 13.2. The predicted octanol–water partition coefficient (Wildman–Crippen LogP) is -0.712. The Kier molecular flexibility index (Phi) is 3.97. The third kappa shape index (κ3) is 3.58. The molecule has 1 heterocycles. The molecule has 2 atom stereocenters. The lowest BCUT2D eigenvalue weighted by Crippen LogP contribution is -2.55. The van der Waals surface area contributed by atoms with Gasteiger partial charge < -0.3 is 15.3 Å². The van der Waals surface area contributed by atoms with E-state index >= 15 is 0 Å². The second-order valence-corrected chi connectivity index (χ2v) is 6.39. The number of carboxylic acids is 1. The molecule has 0 bridgehead atoms. The van der Waals surface area contributed by atoms with Gasteiger partial charge in [-0.25, -0.2) is 13.2 Å². The van der Waals surface area contributed by atoms with E-state index in [2.05, 4.69) is 5.32 Å². The Morgan fingerprint density at radius 3 is 2.53 bits per heavy atom. The van der Waals surface area contributed by atoms with Gasteiger partial charge in [-0.1, -0.05) is 0 Å². The van der Waals surface area contributed by atoms with Gasteiger partial charge in [0.25, 0.3) is 0 Å². The molecular weight excluding hydrogens is 248 g/mol. The first-order chi connectivity index (χ1) is 7.73. The maximum atomic E-state index is 11.7. The minimum absolute atomic E-state index is 0.0772. The van der Waals surface area contributed by atoms with Crippen molar-refractivity contribution in [3.63, 3.8) is 0 Å². The Labute approximate surface area is 99.7 Å². The van der Waals surface area contributed by atoms with Crippen LogP contribution >= 0.6 is 0 Å². The Morgan fingerprint density at radius 1 is 1.47 bits per heavy atom. The van der Waals surface area contributed by atoms with E-state index in [0.29, 0.717) is 0 Å². The molecule has 17 heavy (non-hydrogen) atoms. The zero-order valence-electron chi connectivity index (χ0n) is 9.71. The number of hydrogen-bond acceptors (Lipinski definition) is 4. The second-order valence-electron chi connectivity index (χ2n) is 4.17. The number of urea groups is 1. The summed E-state index contributed by atoms with van der Waals surface area (Å²) >= 11 is 0. The van der Waals surface area contributed by atoms with E-state index in [1.165, 1.54) is 11.8 Å². The van der Waals surface area contributed by atoms with Crippen LogP contribution in [0.1, 0.15) is 13.8 Å². The normalized spacial score (nSPS) is 25.1. The molecule has 8 heteroatoms. The Hall–Kier alpha value is -1.31. The number of carbonyl (C=O) groups excluding carboxylic acids is 1. The van der Waals surface area contributed by atoms with E-state index in [1.54, 1.807) is 6.92 Å². The van der Waals surface area contributed by atoms with Gasteiger partial charge in [-0.3, -0.25) is 4.79 Å². The number of hydrogen-bond donors (Lipinski definition) is 2. The smallest absolute Gasteiger partial charge is 0.325 e. The molecule has 2 amide bonds. The van der Waals surface area contributed by atoms with E-state index < -0.39 is 33.9 Å². The highest BCUT2D eigenvalue weighted by atomic mass is 32.2. The molecule has 2 N–H and O–H groups in total. The molecule has 0 aromatic carbocycles. The van der Waals surface area contributed by atoms with Gasteiger partial charge in [-0.05, 0) is 13.8 Å². The van der Waals surface area contributed by atoms with Crippen molar-refractivity contribution in [2.45, 2.75) is 25.9 Å². The van der Waals surface area contributed by atoms with Crippen molar-refractivity contribution in [3.8, 4) is 0 Å². The molecule has 7 nitrogen and oxygen atoms in total.